The van der Waals surface area contributed by atoms with Gasteiger partial charge in [0.05, 0.1) is 0 Å². The second-order valence-electron chi connectivity index (χ2n) is 5.79. The molecule has 1 N–H and O–H groups in total. The molecular formula is C13H24N2. The Morgan fingerprint density at radius 3 is 2.40 bits per heavy atom. The van der Waals surface area contributed by atoms with Crippen LogP contribution in [0.3, 0.4) is 0 Å². The first kappa shape index (κ1) is 10.1. The van der Waals surface area contributed by atoms with Crippen LogP contribution in [0.15, 0.2) is 0 Å². The molecular weight excluding hydrogens is 184 g/mol. The van der Waals surface area contributed by atoms with Gasteiger partial charge in [0, 0.05) is 19.1 Å². The topological polar surface area (TPSA) is 15.3 Å². The first-order valence-corrected chi connectivity index (χ1v) is 6.87. The number of likely N-dealkylation sites (tertiary alicyclic amines) is 1. The molecule has 0 spiro atoms. The molecule has 86 valence electrons. The minimum atomic E-state index is 0.892. The quantitative estimate of drug-likeness (QED) is 0.694. The zero-order valence-corrected chi connectivity index (χ0v) is 9.75. The molecule has 0 aromatic heterocycles. The first-order valence-electron chi connectivity index (χ1n) is 6.87. The molecule has 0 bridgehead atoms. The maximum absolute atomic E-state index is 3.60. The van der Waals surface area contributed by atoms with Crippen LogP contribution in [-0.2, 0) is 0 Å². The van der Waals surface area contributed by atoms with Crippen LogP contribution in [0.1, 0.15) is 38.5 Å². The normalized spacial score (nSPS) is 36.0. The second-order valence-corrected chi connectivity index (χ2v) is 5.79. The van der Waals surface area contributed by atoms with Crippen molar-refractivity contribution in [2.45, 2.75) is 44.6 Å². The fourth-order valence-electron chi connectivity index (χ4n) is 3.41. The Morgan fingerprint density at radius 1 is 1.00 bits per heavy atom. The number of hydrogen-bond donors (Lipinski definition) is 1. The minimum Gasteiger partial charge on any atom is -0.314 e. The number of nitrogens with zero attached hydrogens (tertiary/aromatic N) is 1. The zero-order valence-electron chi connectivity index (χ0n) is 9.75. The highest BCUT2D eigenvalue weighted by Crippen LogP contribution is 2.37. The molecule has 2 unspecified atom stereocenters. The zero-order chi connectivity index (χ0) is 10.1. The van der Waals surface area contributed by atoms with Crippen molar-refractivity contribution >= 4 is 0 Å². The maximum Gasteiger partial charge on any atom is 0.00682 e. The Hall–Kier alpha value is -0.0800. The Kier molecular flexibility index (Phi) is 2.98. The SMILES string of the molecule is C1CC2CN(CCCNC3CC3)CC2C1. The van der Waals surface area contributed by atoms with Crippen molar-refractivity contribution in [2.75, 3.05) is 26.2 Å². The van der Waals surface area contributed by atoms with Crippen LogP contribution in [0.5, 0.6) is 0 Å². The van der Waals surface area contributed by atoms with E-state index < -0.39 is 0 Å². The summed E-state index contributed by atoms with van der Waals surface area (Å²) in [5, 5.41) is 3.60. The van der Waals surface area contributed by atoms with Crippen molar-refractivity contribution in [3.05, 3.63) is 0 Å². The van der Waals surface area contributed by atoms with Crippen LogP contribution in [0.4, 0.5) is 0 Å². The third-order valence-corrected chi connectivity index (χ3v) is 4.46. The smallest absolute Gasteiger partial charge is 0.00682 e. The third kappa shape index (κ3) is 2.54. The molecule has 3 rings (SSSR count). The molecule has 1 heterocycles. The van der Waals surface area contributed by atoms with Crippen molar-refractivity contribution in [1.29, 1.82) is 0 Å². The van der Waals surface area contributed by atoms with Crippen molar-refractivity contribution in [3.8, 4) is 0 Å². The van der Waals surface area contributed by atoms with Gasteiger partial charge >= 0.3 is 0 Å². The Labute approximate surface area is 93.4 Å². The average molecular weight is 208 g/mol. The van der Waals surface area contributed by atoms with E-state index in [1.165, 1.54) is 64.7 Å². The first-order chi connectivity index (χ1) is 7.42. The summed E-state index contributed by atoms with van der Waals surface area (Å²) in [6, 6.07) is 0.892. The van der Waals surface area contributed by atoms with Gasteiger partial charge in [-0.15, -0.1) is 0 Å². The Balaban J connectivity index is 1.31. The molecule has 0 aromatic carbocycles. The Morgan fingerprint density at radius 2 is 1.73 bits per heavy atom. The molecule has 3 fully saturated rings. The highest BCUT2D eigenvalue weighted by molar-refractivity contribution is 4.88. The summed E-state index contributed by atoms with van der Waals surface area (Å²) in [7, 11) is 0. The molecule has 1 aliphatic heterocycles. The molecule has 2 nitrogen and oxygen atoms in total. The van der Waals surface area contributed by atoms with Gasteiger partial charge in [0.2, 0.25) is 0 Å². The highest BCUT2D eigenvalue weighted by Gasteiger charge is 2.35. The monoisotopic (exact) mass is 208 g/mol. The standard InChI is InChI=1S/C13H24N2/c1-3-11-9-15(10-12(11)4-1)8-2-7-14-13-5-6-13/h11-14H,1-10H2. The van der Waals surface area contributed by atoms with E-state index in [9.17, 15) is 0 Å². The van der Waals surface area contributed by atoms with Gasteiger partial charge in [-0.3, -0.25) is 0 Å². The molecule has 1 saturated heterocycles. The summed E-state index contributed by atoms with van der Waals surface area (Å²) in [6.45, 7) is 5.41. The van der Waals surface area contributed by atoms with E-state index in [4.69, 9.17) is 0 Å². The van der Waals surface area contributed by atoms with Crippen LogP contribution in [-0.4, -0.2) is 37.1 Å². The van der Waals surface area contributed by atoms with Crippen LogP contribution in [0.2, 0.25) is 0 Å². The lowest BCUT2D eigenvalue weighted by Crippen LogP contribution is -2.27. The van der Waals surface area contributed by atoms with Gasteiger partial charge in [-0.1, -0.05) is 6.42 Å². The summed E-state index contributed by atoms with van der Waals surface area (Å²) >= 11 is 0. The Bertz CT molecular complexity index is 201. The summed E-state index contributed by atoms with van der Waals surface area (Å²) in [6.07, 6.45) is 8.74. The predicted molar refractivity (Wildman–Crippen MR) is 62.9 cm³/mol. The van der Waals surface area contributed by atoms with Crippen molar-refractivity contribution in [2.24, 2.45) is 11.8 Å². The predicted octanol–water partition coefficient (Wildman–Crippen LogP) is 1.86. The largest absolute Gasteiger partial charge is 0.314 e. The third-order valence-electron chi connectivity index (χ3n) is 4.46. The fourth-order valence-corrected chi connectivity index (χ4v) is 3.41. The molecule has 3 aliphatic rings. The van der Waals surface area contributed by atoms with E-state index in [1.54, 1.807) is 0 Å². The van der Waals surface area contributed by atoms with E-state index in [0.717, 1.165) is 17.9 Å². The summed E-state index contributed by atoms with van der Waals surface area (Å²) < 4.78 is 0. The minimum absolute atomic E-state index is 0.892. The van der Waals surface area contributed by atoms with Crippen LogP contribution in [0, 0.1) is 11.8 Å². The number of nitrogens with one attached hydrogen (secondary N) is 1. The summed E-state index contributed by atoms with van der Waals surface area (Å²) in [5.74, 6) is 2.14. The van der Waals surface area contributed by atoms with E-state index in [1.807, 2.05) is 0 Å². The summed E-state index contributed by atoms with van der Waals surface area (Å²) in [5.41, 5.74) is 0. The summed E-state index contributed by atoms with van der Waals surface area (Å²) in [4.78, 5) is 2.71. The van der Waals surface area contributed by atoms with Crippen molar-refractivity contribution < 1.29 is 0 Å². The molecule has 2 atom stereocenters. The molecule has 2 aliphatic carbocycles. The average Bonchev–Trinajstić information content (AvgIpc) is 2.81. The van der Waals surface area contributed by atoms with Gasteiger partial charge in [-0.2, -0.15) is 0 Å². The lowest BCUT2D eigenvalue weighted by molar-refractivity contribution is 0.305. The van der Waals surface area contributed by atoms with Crippen LogP contribution >= 0.6 is 0 Å². The van der Waals surface area contributed by atoms with Gasteiger partial charge in [0.1, 0.15) is 0 Å². The molecule has 2 heteroatoms. The molecule has 0 amide bonds. The van der Waals surface area contributed by atoms with E-state index >= 15 is 0 Å². The highest BCUT2D eigenvalue weighted by atomic mass is 15.2. The lowest BCUT2D eigenvalue weighted by Gasteiger charge is -2.16. The molecule has 15 heavy (non-hydrogen) atoms. The van der Waals surface area contributed by atoms with Crippen molar-refractivity contribution in [1.82, 2.24) is 10.2 Å². The fraction of sp³-hybridized carbons (Fsp3) is 1.00. The van der Waals surface area contributed by atoms with E-state index in [2.05, 4.69) is 10.2 Å². The van der Waals surface area contributed by atoms with Crippen LogP contribution < -0.4 is 5.32 Å². The number of fused-ring (bicyclic) bond motifs is 1. The maximum atomic E-state index is 3.60. The van der Waals surface area contributed by atoms with E-state index in [-0.39, 0.29) is 0 Å². The lowest BCUT2D eigenvalue weighted by atomic mass is 10.0. The van der Waals surface area contributed by atoms with Gasteiger partial charge in [-0.25, -0.2) is 0 Å². The van der Waals surface area contributed by atoms with Gasteiger partial charge in [0.15, 0.2) is 0 Å². The van der Waals surface area contributed by atoms with Gasteiger partial charge < -0.3 is 10.2 Å². The number of hydrogen-bond acceptors (Lipinski definition) is 2. The van der Waals surface area contributed by atoms with Crippen LogP contribution in [0.25, 0.3) is 0 Å². The molecule has 0 aromatic rings. The van der Waals surface area contributed by atoms with Crippen molar-refractivity contribution in [3.63, 3.8) is 0 Å². The van der Waals surface area contributed by atoms with Gasteiger partial charge in [-0.05, 0) is 57.0 Å². The van der Waals surface area contributed by atoms with Gasteiger partial charge in [0.25, 0.3) is 0 Å². The number of rotatable bonds is 5. The van der Waals surface area contributed by atoms with E-state index in [0.29, 0.717) is 0 Å². The molecule has 2 saturated carbocycles. The second kappa shape index (κ2) is 4.42. The molecule has 0 radical (unpaired) electrons.